The molecule has 0 saturated carbocycles. The first-order valence-corrected chi connectivity index (χ1v) is 11.6. The summed E-state index contributed by atoms with van der Waals surface area (Å²) in [6, 6.07) is 17.6. The standard InChI is InChI=1S/C27H23F2N7O2/c1-37-21-12-7-18(13-22(21)38-2)24-32-23-25(30-14-16-3-8-19(28)9-4-16)33-27(34-26(23)36-35-24)31-15-17-5-10-20(29)11-6-17/h3-13H,14-15H2,1-2H3,(H2,30,31,33,34,36). The number of hydrogen-bond donors (Lipinski definition) is 2. The lowest BCUT2D eigenvalue weighted by molar-refractivity contribution is 0.355. The Balaban J connectivity index is 1.50. The summed E-state index contributed by atoms with van der Waals surface area (Å²) in [5.74, 6) is 1.53. The lowest BCUT2D eigenvalue weighted by Crippen LogP contribution is -2.10. The Bertz CT molecular complexity index is 1570. The van der Waals surface area contributed by atoms with E-state index in [1.54, 1.807) is 56.7 Å². The summed E-state index contributed by atoms with van der Waals surface area (Å²) in [5, 5.41) is 14.9. The van der Waals surface area contributed by atoms with Gasteiger partial charge in [-0.2, -0.15) is 9.97 Å². The molecule has 0 radical (unpaired) electrons. The van der Waals surface area contributed by atoms with E-state index >= 15 is 0 Å². The average Bonchev–Trinajstić information content (AvgIpc) is 2.95. The van der Waals surface area contributed by atoms with Gasteiger partial charge in [-0.25, -0.2) is 13.8 Å². The number of nitrogens with one attached hydrogen (secondary N) is 2. The molecular formula is C27H23F2N7O2. The Morgan fingerprint density at radius 2 is 1.32 bits per heavy atom. The monoisotopic (exact) mass is 515 g/mol. The van der Waals surface area contributed by atoms with Crippen LogP contribution < -0.4 is 20.1 Å². The molecule has 5 aromatic rings. The predicted molar refractivity (Wildman–Crippen MR) is 139 cm³/mol. The van der Waals surface area contributed by atoms with Crippen molar-refractivity contribution in [2.24, 2.45) is 0 Å². The van der Waals surface area contributed by atoms with Gasteiger partial charge in [-0.1, -0.05) is 24.3 Å². The van der Waals surface area contributed by atoms with E-state index < -0.39 is 0 Å². The molecule has 0 aliphatic rings. The SMILES string of the molecule is COc1ccc(-c2nnc3nc(NCc4ccc(F)cc4)nc(NCc4ccc(F)cc4)c3n2)cc1OC. The second-order valence-electron chi connectivity index (χ2n) is 8.23. The molecule has 0 aliphatic heterocycles. The van der Waals surface area contributed by atoms with Gasteiger partial charge in [-0.15, -0.1) is 10.2 Å². The molecule has 3 aromatic carbocycles. The number of halogens is 2. The maximum atomic E-state index is 13.4. The number of hydrogen-bond acceptors (Lipinski definition) is 9. The summed E-state index contributed by atoms with van der Waals surface area (Å²) in [7, 11) is 3.11. The maximum Gasteiger partial charge on any atom is 0.227 e. The van der Waals surface area contributed by atoms with Crippen molar-refractivity contribution in [3.05, 3.63) is 89.5 Å². The van der Waals surface area contributed by atoms with Crippen molar-refractivity contribution in [1.82, 2.24) is 25.1 Å². The van der Waals surface area contributed by atoms with E-state index in [0.29, 0.717) is 53.3 Å². The molecule has 9 nitrogen and oxygen atoms in total. The third kappa shape index (κ3) is 5.56. The van der Waals surface area contributed by atoms with Gasteiger partial charge >= 0.3 is 0 Å². The van der Waals surface area contributed by atoms with E-state index in [-0.39, 0.29) is 17.3 Å². The summed E-state index contributed by atoms with van der Waals surface area (Å²) in [6.07, 6.45) is 0. The fraction of sp³-hybridized carbons (Fsp3) is 0.148. The molecule has 0 unspecified atom stereocenters. The van der Waals surface area contributed by atoms with Crippen molar-refractivity contribution in [3.63, 3.8) is 0 Å². The van der Waals surface area contributed by atoms with Gasteiger partial charge < -0.3 is 20.1 Å². The van der Waals surface area contributed by atoms with Crippen LogP contribution in [0.25, 0.3) is 22.6 Å². The molecule has 0 saturated heterocycles. The van der Waals surface area contributed by atoms with Crippen LogP contribution in [0.4, 0.5) is 20.5 Å². The van der Waals surface area contributed by atoms with Crippen molar-refractivity contribution in [1.29, 1.82) is 0 Å². The van der Waals surface area contributed by atoms with Crippen molar-refractivity contribution in [2.45, 2.75) is 13.1 Å². The van der Waals surface area contributed by atoms with E-state index in [4.69, 9.17) is 9.47 Å². The predicted octanol–water partition coefficient (Wildman–Crippen LogP) is 5.00. The molecule has 0 fully saturated rings. The molecular weight excluding hydrogens is 492 g/mol. The molecule has 0 aliphatic carbocycles. The van der Waals surface area contributed by atoms with Crippen LogP contribution in [0.1, 0.15) is 11.1 Å². The summed E-state index contributed by atoms with van der Waals surface area (Å²) in [4.78, 5) is 13.8. The van der Waals surface area contributed by atoms with Gasteiger partial charge in [0.05, 0.1) is 14.2 Å². The second kappa shape index (κ2) is 11.0. The maximum absolute atomic E-state index is 13.4. The third-order valence-electron chi connectivity index (χ3n) is 5.70. The molecule has 2 aromatic heterocycles. The summed E-state index contributed by atoms with van der Waals surface area (Å²) in [6.45, 7) is 0.729. The van der Waals surface area contributed by atoms with E-state index in [0.717, 1.165) is 11.1 Å². The number of nitrogens with zero attached hydrogens (tertiary/aromatic N) is 5. The third-order valence-corrected chi connectivity index (χ3v) is 5.70. The van der Waals surface area contributed by atoms with Crippen molar-refractivity contribution >= 4 is 22.9 Å². The molecule has 11 heteroatoms. The molecule has 0 atom stereocenters. The van der Waals surface area contributed by atoms with Crippen molar-refractivity contribution in [3.8, 4) is 22.9 Å². The van der Waals surface area contributed by atoms with Gasteiger partial charge in [0.1, 0.15) is 11.6 Å². The Morgan fingerprint density at radius 3 is 1.95 bits per heavy atom. The highest BCUT2D eigenvalue weighted by Gasteiger charge is 2.15. The van der Waals surface area contributed by atoms with Gasteiger partial charge in [-0.3, -0.25) is 0 Å². The molecule has 0 amide bonds. The van der Waals surface area contributed by atoms with E-state index in [9.17, 15) is 8.78 Å². The largest absolute Gasteiger partial charge is 0.493 e. The molecule has 5 rings (SSSR count). The van der Waals surface area contributed by atoms with Crippen molar-refractivity contribution < 1.29 is 18.3 Å². The summed E-state index contributed by atoms with van der Waals surface area (Å²) in [5.41, 5.74) is 3.04. The number of aromatic nitrogens is 5. The van der Waals surface area contributed by atoms with Crippen LogP contribution in [0.2, 0.25) is 0 Å². The highest BCUT2D eigenvalue weighted by molar-refractivity contribution is 5.84. The van der Waals surface area contributed by atoms with E-state index in [2.05, 4.69) is 35.8 Å². The van der Waals surface area contributed by atoms with Crippen molar-refractivity contribution in [2.75, 3.05) is 24.9 Å². The average molecular weight is 516 g/mol. The fourth-order valence-corrected chi connectivity index (χ4v) is 3.71. The topological polar surface area (TPSA) is 107 Å². The zero-order valence-electron chi connectivity index (χ0n) is 20.6. The molecule has 192 valence electrons. The Hall–Kier alpha value is -4.93. The molecule has 2 heterocycles. The number of rotatable bonds is 9. The first kappa shape index (κ1) is 24.8. The first-order chi connectivity index (χ1) is 18.5. The van der Waals surface area contributed by atoms with Gasteiger partial charge in [0.25, 0.3) is 0 Å². The first-order valence-electron chi connectivity index (χ1n) is 11.6. The van der Waals surface area contributed by atoms with E-state index in [1.165, 1.54) is 24.3 Å². The number of fused-ring (bicyclic) bond motifs is 1. The van der Waals surface area contributed by atoms with Crippen LogP contribution in [0.5, 0.6) is 11.5 Å². The highest BCUT2D eigenvalue weighted by Crippen LogP contribution is 2.31. The second-order valence-corrected chi connectivity index (χ2v) is 8.23. The smallest absolute Gasteiger partial charge is 0.227 e. The van der Waals surface area contributed by atoms with Crippen LogP contribution in [-0.4, -0.2) is 39.4 Å². The molecule has 0 spiro atoms. The van der Waals surface area contributed by atoms with Gasteiger partial charge in [-0.05, 0) is 53.6 Å². The van der Waals surface area contributed by atoms with Crippen LogP contribution in [0.3, 0.4) is 0 Å². The van der Waals surface area contributed by atoms with Crippen LogP contribution in [0, 0.1) is 11.6 Å². The lowest BCUT2D eigenvalue weighted by Gasteiger charge is -2.12. The molecule has 2 N–H and O–H groups in total. The fourth-order valence-electron chi connectivity index (χ4n) is 3.71. The minimum absolute atomic E-state index is 0.271. The Labute approximate surface area is 216 Å². The Kier molecular flexibility index (Phi) is 7.16. The van der Waals surface area contributed by atoms with Crippen LogP contribution in [0.15, 0.2) is 66.7 Å². The summed E-state index contributed by atoms with van der Waals surface area (Å²) >= 11 is 0. The lowest BCUT2D eigenvalue weighted by atomic mass is 10.2. The van der Waals surface area contributed by atoms with Gasteiger partial charge in [0.15, 0.2) is 28.7 Å². The van der Waals surface area contributed by atoms with Crippen LogP contribution >= 0.6 is 0 Å². The zero-order valence-corrected chi connectivity index (χ0v) is 20.6. The highest BCUT2D eigenvalue weighted by atomic mass is 19.1. The molecule has 38 heavy (non-hydrogen) atoms. The molecule has 0 bridgehead atoms. The minimum atomic E-state index is -0.315. The normalized spacial score (nSPS) is 10.8. The van der Waals surface area contributed by atoms with Gasteiger partial charge in [0, 0.05) is 18.7 Å². The zero-order chi connectivity index (χ0) is 26.5. The summed E-state index contributed by atoms with van der Waals surface area (Å²) < 4.78 is 37.3. The number of methoxy groups -OCH3 is 2. The number of anilines is 2. The van der Waals surface area contributed by atoms with Gasteiger partial charge in [0.2, 0.25) is 11.6 Å². The number of benzene rings is 3. The van der Waals surface area contributed by atoms with E-state index in [1.807, 2.05) is 0 Å². The number of ether oxygens (including phenoxy) is 2. The quantitative estimate of drug-likeness (QED) is 0.280. The minimum Gasteiger partial charge on any atom is -0.493 e. The van der Waals surface area contributed by atoms with Crippen LogP contribution in [-0.2, 0) is 13.1 Å². The Morgan fingerprint density at radius 1 is 0.684 bits per heavy atom.